The van der Waals surface area contributed by atoms with E-state index in [2.05, 4.69) is 5.32 Å². The van der Waals surface area contributed by atoms with Gasteiger partial charge in [0.1, 0.15) is 5.75 Å². The minimum atomic E-state index is -0.596. The number of benzene rings is 2. The lowest BCUT2D eigenvalue weighted by molar-refractivity contribution is -0.122. The molecule has 4 heteroatoms. The molecule has 116 valence electrons. The molecule has 1 atom stereocenters. The monoisotopic (exact) mass is 298 g/mol. The highest BCUT2D eigenvalue weighted by Crippen LogP contribution is 2.23. The Morgan fingerprint density at radius 1 is 1.09 bits per heavy atom. The predicted molar refractivity (Wildman–Crippen MR) is 90.2 cm³/mol. The molecule has 22 heavy (non-hydrogen) atoms. The fourth-order valence-corrected chi connectivity index (χ4v) is 2.12. The third-order valence-electron chi connectivity index (χ3n) is 3.86. The van der Waals surface area contributed by atoms with Gasteiger partial charge in [0.05, 0.1) is 0 Å². The molecule has 0 aliphatic heterocycles. The second-order valence-corrected chi connectivity index (χ2v) is 5.47. The van der Waals surface area contributed by atoms with E-state index in [0.717, 1.165) is 22.4 Å². The van der Waals surface area contributed by atoms with Crippen molar-refractivity contribution in [2.75, 3.05) is 11.1 Å². The van der Waals surface area contributed by atoms with E-state index in [0.29, 0.717) is 11.4 Å². The maximum Gasteiger partial charge on any atom is 0.265 e. The minimum Gasteiger partial charge on any atom is -0.481 e. The molecule has 0 bridgehead atoms. The topological polar surface area (TPSA) is 64.3 Å². The summed E-state index contributed by atoms with van der Waals surface area (Å²) in [5, 5.41) is 2.86. The average molecular weight is 298 g/mol. The number of nitrogens with two attached hydrogens (primary N) is 1. The van der Waals surface area contributed by atoms with Gasteiger partial charge in [-0.05, 0) is 62.6 Å². The summed E-state index contributed by atoms with van der Waals surface area (Å²) < 4.78 is 5.79. The van der Waals surface area contributed by atoms with Gasteiger partial charge in [0.25, 0.3) is 5.91 Å². The van der Waals surface area contributed by atoms with Gasteiger partial charge in [0.2, 0.25) is 0 Å². The fourth-order valence-electron chi connectivity index (χ4n) is 2.12. The lowest BCUT2D eigenvalue weighted by atomic mass is 10.1. The number of rotatable bonds is 4. The molecule has 1 unspecified atom stereocenters. The number of carbonyl (C=O) groups excluding carboxylic acids is 1. The second-order valence-electron chi connectivity index (χ2n) is 5.47. The largest absolute Gasteiger partial charge is 0.481 e. The van der Waals surface area contributed by atoms with E-state index in [-0.39, 0.29) is 5.91 Å². The Morgan fingerprint density at radius 3 is 2.50 bits per heavy atom. The molecular weight excluding hydrogens is 276 g/mol. The molecule has 0 radical (unpaired) electrons. The summed E-state index contributed by atoms with van der Waals surface area (Å²) in [6.07, 6.45) is -0.596. The Hall–Kier alpha value is -2.49. The zero-order valence-corrected chi connectivity index (χ0v) is 13.4. The van der Waals surface area contributed by atoms with Crippen molar-refractivity contribution in [2.45, 2.75) is 33.8 Å². The Balaban J connectivity index is 2.09. The highest BCUT2D eigenvalue weighted by atomic mass is 16.5. The van der Waals surface area contributed by atoms with Crippen molar-refractivity contribution >= 4 is 17.3 Å². The minimum absolute atomic E-state index is 0.199. The van der Waals surface area contributed by atoms with Crippen LogP contribution in [0.5, 0.6) is 5.75 Å². The van der Waals surface area contributed by atoms with Crippen LogP contribution in [-0.2, 0) is 4.79 Å². The van der Waals surface area contributed by atoms with Crippen LogP contribution >= 0.6 is 0 Å². The molecule has 3 N–H and O–H groups in total. The third-order valence-corrected chi connectivity index (χ3v) is 3.86. The summed E-state index contributed by atoms with van der Waals surface area (Å²) in [5.74, 6) is 0.529. The van der Waals surface area contributed by atoms with Crippen LogP contribution in [0.25, 0.3) is 0 Å². The normalized spacial score (nSPS) is 11.8. The lowest BCUT2D eigenvalue weighted by Gasteiger charge is -2.18. The van der Waals surface area contributed by atoms with Crippen LogP contribution in [-0.4, -0.2) is 12.0 Å². The highest BCUT2D eigenvalue weighted by Gasteiger charge is 2.17. The Labute approximate surface area is 131 Å². The quantitative estimate of drug-likeness (QED) is 0.848. The van der Waals surface area contributed by atoms with Crippen molar-refractivity contribution in [3.63, 3.8) is 0 Å². The average Bonchev–Trinajstić information content (AvgIpc) is 2.48. The zero-order chi connectivity index (χ0) is 16.3. The van der Waals surface area contributed by atoms with Gasteiger partial charge in [-0.15, -0.1) is 0 Å². The van der Waals surface area contributed by atoms with Crippen LogP contribution in [0.3, 0.4) is 0 Å². The summed E-state index contributed by atoms with van der Waals surface area (Å²) in [5.41, 5.74) is 10.2. The van der Waals surface area contributed by atoms with Crippen LogP contribution in [0.1, 0.15) is 23.6 Å². The van der Waals surface area contributed by atoms with Gasteiger partial charge in [-0.3, -0.25) is 4.79 Å². The molecule has 0 heterocycles. The van der Waals surface area contributed by atoms with Crippen molar-refractivity contribution in [3.8, 4) is 5.75 Å². The van der Waals surface area contributed by atoms with Crippen LogP contribution in [0.15, 0.2) is 36.4 Å². The number of anilines is 2. The molecule has 0 saturated heterocycles. The number of nitrogen functional groups attached to an aromatic ring is 1. The summed E-state index contributed by atoms with van der Waals surface area (Å²) in [7, 11) is 0. The molecule has 0 saturated carbocycles. The molecule has 0 spiro atoms. The number of ether oxygens (including phenoxy) is 1. The van der Waals surface area contributed by atoms with Crippen LogP contribution in [0, 0.1) is 20.8 Å². The van der Waals surface area contributed by atoms with E-state index in [1.54, 1.807) is 13.0 Å². The van der Waals surface area contributed by atoms with E-state index in [1.165, 1.54) is 0 Å². The Bertz CT molecular complexity index is 695. The number of nitrogens with one attached hydrogen (secondary N) is 1. The van der Waals surface area contributed by atoms with E-state index < -0.39 is 6.10 Å². The number of carbonyl (C=O) groups is 1. The first-order valence-electron chi connectivity index (χ1n) is 7.29. The molecule has 0 fully saturated rings. The fraction of sp³-hybridized carbons (Fsp3) is 0.278. The summed E-state index contributed by atoms with van der Waals surface area (Å²) in [6, 6.07) is 11.3. The van der Waals surface area contributed by atoms with Crippen molar-refractivity contribution in [3.05, 3.63) is 53.1 Å². The highest BCUT2D eigenvalue weighted by molar-refractivity contribution is 5.95. The predicted octanol–water partition coefficient (Wildman–Crippen LogP) is 3.60. The molecule has 2 aromatic rings. The summed E-state index contributed by atoms with van der Waals surface area (Å²) in [4.78, 5) is 12.3. The molecule has 0 aromatic heterocycles. The van der Waals surface area contributed by atoms with Gasteiger partial charge in [0, 0.05) is 11.4 Å². The lowest BCUT2D eigenvalue weighted by Crippen LogP contribution is -2.30. The number of aryl methyl sites for hydroxylation is 1. The van der Waals surface area contributed by atoms with E-state index in [4.69, 9.17) is 10.5 Å². The van der Waals surface area contributed by atoms with Gasteiger partial charge in [-0.1, -0.05) is 18.2 Å². The smallest absolute Gasteiger partial charge is 0.265 e. The van der Waals surface area contributed by atoms with Gasteiger partial charge in [-0.25, -0.2) is 0 Å². The van der Waals surface area contributed by atoms with Crippen LogP contribution in [0.4, 0.5) is 11.4 Å². The molecular formula is C18H22N2O2. The van der Waals surface area contributed by atoms with Crippen molar-refractivity contribution in [1.29, 1.82) is 0 Å². The molecule has 2 aromatic carbocycles. The molecule has 0 aliphatic carbocycles. The molecule has 2 rings (SSSR count). The van der Waals surface area contributed by atoms with Crippen molar-refractivity contribution in [1.82, 2.24) is 0 Å². The maximum absolute atomic E-state index is 12.3. The number of hydrogen-bond acceptors (Lipinski definition) is 3. The Kier molecular flexibility index (Phi) is 4.71. The Morgan fingerprint density at radius 2 is 1.77 bits per heavy atom. The molecule has 0 aliphatic rings. The van der Waals surface area contributed by atoms with E-state index >= 15 is 0 Å². The third kappa shape index (κ3) is 3.39. The van der Waals surface area contributed by atoms with Crippen molar-refractivity contribution in [2.24, 2.45) is 0 Å². The van der Waals surface area contributed by atoms with Gasteiger partial charge in [0.15, 0.2) is 6.10 Å². The molecule has 4 nitrogen and oxygen atoms in total. The second kappa shape index (κ2) is 6.52. The number of amides is 1. The number of hydrogen-bond donors (Lipinski definition) is 2. The molecule has 1 amide bonds. The van der Waals surface area contributed by atoms with E-state index in [1.807, 2.05) is 51.1 Å². The van der Waals surface area contributed by atoms with Gasteiger partial charge < -0.3 is 15.8 Å². The zero-order valence-electron chi connectivity index (χ0n) is 13.4. The van der Waals surface area contributed by atoms with Gasteiger partial charge in [-0.2, -0.15) is 0 Å². The SMILES string of the molecule is Cc1cccc(OC(C)C(=O)Nc2cccc(N)c2C)c1C. The standard InChI is InChI=1S/C18H22N2O2/c1-11-7-5-10-17(12(11)2)22-14(4)18(21)20-16-9-6-8-15(19)13(16)3/h5-10,14H,19H2,1-4H3,(H,20,21). The van der Waals surface area contributed by atoms with Crippen LogP contribution in [0.2, 0.25) is 0 Å². The first kappa shape index (κ1) is 15.9. The summed E-state index contributed by atoms with van der Waals surface area (Å²) >= 11 is 0. The van der Waals surface area contributed by atoms with Gasteiger partial charge >= 0.3 is 0 Å². The van der Waals surface area contributed by atoms with Crippen LogP contribution < -0.4 is 15.8 Å². The first-order chi connectivity index (χ1) is 10.4. The van der Waals surface area contributed by atoms with E-state index in [9.17, 15) is 4.79 Å². The maximum atomic E-state index is 12.3. The first-order valence-corrected chi connectivity index (χ1v) is 7.29. The summed E-state index contributed by atoms with van der Waals surface area (Å²) in [6.45, 7) is 7.61. The van der Waals surface area contributed by atoms with Crippen molar-refractivity contribution < 1.29 is 9.53 Å².